The van der Waals surface area contributed by atoms with Gasteiger partial charge in [0.15, 0.2) is 5.13 Å². The largest absolute Gasteiger partial charge is 0.341 e. The third-order valence-electron chi connectivity index (χ3n) is 1.90. The summed E-state index contributed by atoms with van der Waals surface area (Å²) in [6, 6.07) is 3.12. The summed E-state index contributed by atoms with van der Waals surface area (Å²) >= 11 is 13.2. The van der Waals surface area contributed by atoms with Crippen LogP contribution >= 0.6 is 34.5 Å². The van der Waals surface area contributed by atoms with Gasteiger partial charge in [-0.15, -0.1) is 0 Å². The minimum Gasteiger partial charge on any atom is -0.341 e. The lowest BCUT2D eigenvalue weighted by molar-refractivity contribution is 0.254. The number of carbonyl (C=O) groups excluding carboxylic acids is 1. The summed E-state index contributed by atoms with van der Waals surface area (Å²) in [7, 11) is 1.53. The highest BCUT2D eigenvalue weighted by atomic mass is 35.5. The van der Waals surface area contributed by atoms with E-state index in [1.54, 1.807) is 12.1 Å². The Morgan fingerprint density at radius 1 is 1.44 bits per heavy atom. The molecule has 0 saturated carbocycles. The molecule has 0 spiro atoms. The van der Waals surface area contributed by atoms with Crippen LogP contribution in [0.1, 0.15) is 0 Å². The van der Waals surface area contributed by atoms with E-state index in [1.165, 1.54) is 18.4 Å². The molecular formula is C9H7Cl2N3OS. The van der Waals surface area contributed by atoms with Gasteiger partial charge in [-0.25, -0.2) is 9.78 Å². The normalized spacial score (nSPS) is 10.4. The molecule has 0 atom stereocenters. The summed E-state index contributed by atoms with van der Waals surface area (Å²) in [5.41, 5.74) is 0.714. The Balaban J connectivity index is 2.44. The number of carbonyl (C=O) groups is 1. The van der Waals surface area contributed by atoms with E-state index in [0.717, 1.165) is 4.70 Å². The van der Waals surface area contributed by atoms with Crippen LogP contribution in [0.3, 0.4) is 0 Å². The van der Waals surface area contributed by atoms with Gasteiger partial charge in [0.2, 0.25) is 0 Å². The van der Waals surface area contributed by atoms with Crippen molar-refractivity contribution in [3.63, 3.8) is 0 Å². The Morgan fingerprint density at radius 2 is 2.19 bits per heavy atom. The number of benzene rings is 1. The van der Waals surface area contributed by atoms with Crippen molar-refractivity contribution in [1.29, 1.82) is 0 Å². The molecule has 0 saturated heterocycles. The molecule has 1 aromatic heterocycles. The van der Waals surface area contributed by atoms with Crippen molar-refractivity contribution in [2.24, 2.45) is 0 Å². The lowest BCUT2D eigenvalue weighted by Gasteiger charge is -1.97. The zero-order valence-corrected chi connectivity index (χ0v) is 10.5. The molecule has 1 aromatic carbocycles. The Labute approximate surface area is 106 Å². The standard InChI is InChI=1S/C9H7Cl2N3OS/c1-12-8(15)14-9-13-5-3-2-4(10)6(11)7(5)16-9/h2-3H,1H3,(H2,12,13,14,15). The number of amides is 2. The number of rotatable bonds is 1. The summed E-state index contributed by atoms with van der Waals surface area (Å²) in [5, 5.41) is 6.45. The number of nitrogens with zero attached hydrogens (tertiary/aromatic N) is 1. The van der Waals surface area contributed by atoms with Gasteiger partial charge in [-0.05, 0) is 12.1 Å². The van der Waals surface area contributed by atoms with E-state index in [9.17, 15) is 4.79 Å². The van der Waals surface area contributed by atoms with Crippen LogP contribution in [0.2, 0.25) is 10.0 Å². The highest BCUT2D eigenvalue weighted by molar-refractivity contribution is 7.23. The third-order valence-corrected chi connectivity index (χ3v) is 3.82. The van der Waals surface area contributed by atoms with E-state index in [-0.39, 0.29) is 6.03 Å². The average Bonchev–Trinajstić information content (AvgIpc) is 2.67. The van der Waals surface area contributed by atoms with Crippen LogP contribution in [-0.4, -0.2) is 18.1 Å². The molecule has 0 aliphatic carbocycles. The highest BCUT2D eigenvalue weighted by Crippen LogP contribution is 2.36. The fourth-order valence-corrected chi connectivity index (χ4v) is 2.54. The molecule has 2 amide bonds. The van der Waals surface area contributed by atoms with E-state index in [1.807, 2.05) is 0 Å². The first-order valence-corrected chi connectivity index (χ1v) is 5.92. The maximum Gasteiger partial charge on any atom is 0.320 e. The molecule has 0 aliphatic rings. The summed E-state index contributed by atoms with van der Waals surface area (Å²) < 4.78 is 0.764. The van der Waals surface area contributed by atoms with Crippen molar-refractivity contribution in [3.05, 3.63) is 22.2 Å². The van der Waals surface area contributed by atoms with Crippen LogP contribution in [0.4, 0.5) is 9.93 Å². The number of aromatic nitrogens is 1. The van der Waals surface area contributed by atoms with Crippen molar-refractivity contribution >= 4 is 55.9 Å². The fourth-order valence-electron chi connectivity index (χ4n) is 1.15. The van der Waals surface area contributed by atoms with Crippen LogP contribution in [0.15, 0.2) is 12.1 Å². The number of hydrogen-bond donors (Lipinski definition) is 2. The Bertz CT molecular complexity index is 555. The van der Waals surface area contributed by atoms with E-state index in [4.69, 9.17) is 23.2 Å². The predicted molar refractivity (Wildman–Crippen MR) is 67.7 cm³/mol. The van der Waals surface area contributed by atoms with Gasteiger partial charge >= 0.3 is 6.03 Å². The summed E-state index contributed by atoms with van der Waals surface area (Å²) in [4.78, 5) is 15.3. The van der Waals surface area contributed by atoms with E-state index >= 15 is 0 Å². The number of nitrogens with one attached hydrogen (secondary N) is 2. The van der Waals surface area contributed by atoms with E-state index in [2.05, 4.69) is 15.6 Å². The quantitative estimate of drug-likeness (QED) is 0.839. The van der Waals surface area contributed by atoms with Crippen molar-refractivity contribution in [2.75, 3.05) is 12.4 Å². The smallest absolute Gasteiger partial charge is 0.320 e. The topological polar surface area (TPSA) is 54.0 Å². The molecule has 2 aromatic rings. The second-order valence-electron chi connectivity index (χ2n) is 2.93. The van der Waals surface area contributed by atoms with Crippen molar-refractivity contribution in [1.82, 2.24) is 10.3 Å². The van der Waals surface area contributed by atoms with E-state index < -0.39 is 0 Å². The first-order valence-electron chi connectivity index (χ1n) is 4.35. The van der Waals surface area contributed by atoms with Gasteiger partial charge in [0.05, 0.1) is 20.3 Å². The van der Waals surface area contributed by atoms with Gasteiger partial charge in [-0.3, -0.25) is 5.32 Å². The molecule has 0 bridgehead atoms. The molecule has 2 rings (SSSR count). The Hall–Kier alpha value is -1.04. The summed E-state index contributed by atoms with van der Waals surface area (Å²) in [6.45, 7) is 0. The lowest BCUT2D eigenvalue weighted by atomic mass is 10.3. The van der Waals surface area contributed by atoms with E-state index in [0.29, 0.717) is 20.7 Å². The minimum atomic E-state index is -0.318. The molecule has 7 heteroatoms. The van der Waals surface area contributed by atoms with Gasteiger partial charge in [0.1, 0.15) is 0 Å². The van der Waals surface area contributed by atoms with Crippen molar-refractivity contribution < 1.29 is 4.79 Å². The number of thiazole rings is 1. The number of fused-ring (bicyclic) bond motifs is 1. The lowest BCUT2D eigenvalue weighted by Crippen LogP contribution is -2.24. The third kappa shape index (κ3) is 2.07. The number of anilines is 1. The number of urea groups is 1. The maximum absolute atomic E-state index is 11.1. The average molecular weight is 276 g/mol. The van der Waals surface area contributed by atoms with Crippen molar-refractivity contribution in [3.8, 4) is 0 Å². The van der Waals surface area contributed by atoms with Crippen LogP contribution < -0.4 is 10.6 Å². The zero-order chi connectivity index (χ0) is 11.7. The van der Waals surface area contributed by atoms with Crippen LogP contribution in [0.25, 0.3) is 10.2 Å². The summed E-state index contributed by atoms with van der Waals surface area (Å²) in [6.07, 6.45) is 0. The summed E-state index contributed by atoms with van der Waals surface area (Å²) in [5.74, 6) is 0. The monoisotopic (exact) mass is 275 g/mol. The first kappa shape index (κ1) is 11.4. The number of halogens is 2. The highest BCUT2D eigenvalue weighted by Gasteiger charge is 2.11. The molecule has 1 heterocycles. The van der Waals surface area contributed by atoms with Gasteiger partial charge in [0, 0.05) is 7.05 Å². The molecular weight excluding hydrogens is 269 g/mol. The second kappa shape index (κ2) is 4.45. The van der Waals surface area contributed by atoms with Crippen molar-refractivity contribution in [2.45, 2.75) is 0 Å². The Morgan fingerprint density at radius 3 is 2.88 bits per heavy atom. The first-order chi connectivity index (χ1) is 7.61. The van der Waals surface area contributed by atoms with Crippen LogP contribution in [-0.2, 0) is 0 Å². The predicted octanol–water partition coefficient (Wildman–Crippen LogP) is 3.35. The van der Waals surface area contributed by atoms with Gasteiger partial charge in [-0.2, -0.15) is 0 Å². The molecule has 0 radical (unpaired) electrons. The molecule has 0 fully saturated rings. The maximum atomic E-state index is 11.1. The number of hydrogen-bond acceptors (Lipinski definition) is 3. The molecule has 2 N–H and O–H groups in total. The molecule has 0 aliphatic heterocycles. The molecule has 0 unspecified atom stereocenters. The fraction of sp³-hybridized carbons (Fsp3) is 0.111. The second-order valence-corrected chi connectivity index (χ2v) is 4.72. The van der Waals surface area contributed by atoms with Gasteiger partial charge < -0.3 is 5.32 Å². The van der Waals surface area contributed by atoms with Gasteiger partial charge in [0.25, 0.3) is 0 Å². The van der Waals surface area contributed by atoms with Gasteiger partial charge in [-0.1, -0.05) is 34.5 Å². The Kier molecular flexibility index (Phi) is 3.18. The minimum absolute atomic E-state index is 0.318. The molecule has 16 heavy (non-hydrogen) atoms. The SMILES string of the molecule is CNC(=O)Nc1nc2ccc(Cl)c(Cl)c2s1. The zero-order valence-electron chi connectivity index (χ0n) is 8.17. The van der Waals surface area contributed by atoms with Crippen LogP contribution in [0, 0.1) is 0 Å². The van der Waals surface area contributed by atoms with Crippen LogP contribution in [0.5, 0.6) is 0 Å². The molecule has 4 nitrogen and oxygen atoms in total. The molecule has 84 valence electrons.